The minimum Gasteiger partial charge on any atom is -0.508 e. The first-order valence-electron chi connectivity index (χ1n) is 5.54. The van der Waals surface area contributed by atoms with E-state index in [1.165, 1.54) is 6.07 Å². The SMILES string of the molecule is CN1CCC(NCc2cc(O)cc(F)c2)C1. The van der Waals surface area contributed by atoms with Crippen molar-refractivity contribution in [3.05, 3.63) is 29.6 Å². The van der Waals surface area contributed by atoms with Crippen molar-refractivity contribution < 1.29 is 9.50 Å². The summed E-state index contributed by atoms with van der Waals surface area (Å²) in [4.78, 5) is 2.26. The fraction of sp³-hybridized carbons (Fsp3) is 0.500. The molecule has 88 valence electrons. The van der Waals surface area contributed by atoms with E-state index in [9.17, 15) is 9.50 Å². The van der Waals surface area contributed by atoms with Gasteiger partial charge in [-0.2, -0.15) is 0 Å². The summed E-state index contributed by atoms with van der Waals surface area (Å²) in [6.45, 7) is 2.73. The van der Waals surface area contributed by atoms with Gasteiger partial charge in [0, 0.05) is 25.2 Å². The van der Waals surface area contributed by atoms with E-state index in [1.807, 2.05) is 0 Å². The van der Waals surface area contributed by atoms with Crippen molar-refractivity contribution in [2.24, 2.45) is 0 Å². The van der Waals surface area contributed by atoms with Crippen LogP contribution in [0.3, 0.4) is 0 Å². The zero-order chi connectivity index (χ0) is 11.5. The molecule has 0 radical (unpaired) electrons. The zero-order valence-corrected chi connectivity index (χ0v) is 9.41. The first-order chi connectivity index (χ1) is 7.63. The fourth-order valence-corrected chi connectivity index (χ4v) is 2.10. The van der Waals surface area contributed by atoms with Crippen molar-refractivity contribution in [2.75, 3.05) is 20.1 Å². The zero-order valence-electron chi connectivity index (χ0n) is 9.41. The third-order valence-electron chi connectivity index (χ3n) is 2.93. The number of nitrogens with one attached hydrogen (secondary N) is 1. The number of likely N-dealkylation sites (N-methyl/N-ethyl adjacent to an activating group) is 1. The normalized spacial score (nSPS) is 21.5. The van der Waals surface area contributed by atoms with Gasteiger partial charge < -0.3 is 15.3 Å². The van der Waals surface area contributed by atoms with Crippen LogP contribution < -0.4 is 5.32 Å². The standard InChI is InChI=1S/C12H17FN2O/c1-15-3-2-11(8-15)14-7-9-4-10(13)6-12(16)5-9/h4-6,11,14,16H,2-3,7-8H2,1H3. The van der Waals surface area contributed by atoms with Gasteiger partial charge in [0.15, 0.2) is 0 Å². The Balaban J connectivity index is 1.89. The molecule has 0 saturated carbocycles. The second kappa shape index (κ2) is 4.80. The molecule has 1 fully saturated rings. The molecule has 1 unspecified atom stereocenters. The molecule has 1 saturated heterocycles. The molecule has 1 heterocycles. The summed E-state index contributed by atoms with van der Waals surface area (Å²) < 4.78 is 13.0. The van der Waals surface area contributed by atoms with Gasteiger partial charge in [-0.3, -0.25) is 0 Å². The maximum absolute atomic E-state index is 13.0. The molecule has 0 aromatic heterocycles. The Bertz CT molecular complexity index is 350. The monoisotopic (exact) mass is 224 g/mol. The average Bonchev–Trinajstić information content (AvgIpc) is 2.60. The molecule has 3 nitrogen and oxygen atoms in total. The Labute approximate surface area is 94.9 Å². The number of aromatic hydroxyl groups is 1. The highest BCUT2D eigenvalue weighted by molar-refractivity contribution is 5.28. The van der Waals surface area contributed by atoms with Crippen molar-refractivity contribution >= 4 is 0 Å². The second-order valence-electron chi connectivity index (χ2n) is 4.45. The highest BCUT2D eigenvalue weighted by atomic mass is 19.1. The molecule has 1 aliphatic heterocycles. The topological polar surface area (TPSA) is 35.5 Å². The van der Waals surface area contributed by atoms with Gasteiger partial charge in [0.2, 0.25) is 0 Å². The summed E-state index contributed by atoms with van der Waals surface area (Å²) >= 11 is 0. The first-order valence-corrected chi connectivity index (χ1v) is 5.54. The van der Waals surface area contributed by atoms with E-state index in [1.54, 1.807) is 6.07 Å². The van der Waals surface area contributed by atoms with E-state index < -0.39 is 0 Å². The molecule has 0 aliphatic carbocycles. The Hall–Kier alpha value is -1.13. The van der Waals surface area contributed by atoms with Crippen LogP contribution in [0, 0.1) is 5.82 Å². The van der Waals surface area contributed by atoms with Crippen molar-refractivity contribution in [3.8, 4) is 5.75 Å². The second-order valence-corrected chi connectivity index (χ2v) is 4.45. The van der Waals surface area contributed by atoms with Crippen molar-refractivity contribution in [2.45, 2.75) is 19.0 Å². The summed E-state index contributed by atoms with van der Waals surface area (Å²) in [6.07, 6.45) is 1.12. The molecular formula is C12H17FN2O. The summed E-state index contributed by atoms with van der Waals surface area (Å²) in [7, 11) is 2.09. The minimum absolute atomic E-state index is 0.0136. The highest BCUT2D eigenvalue weighted by Gasteiger charge is 2.18. The van der Waals surface area contributed by atoms with E-state index in [2.05, 4.69) is 17.3 Å². The number of nitrogens with zero attached hydrogens (tertiary/aromatic N) is 1. The molecule has 0 spiro atoms. The number of benzene rings is 1. The fourth-order valence-electron chi connectivity index (χ4n) is 2.10. The third-order valence-corrected chi connectivity index (χ3v) is 2.93. The molecule has 16 heavy (non-hydrogen) atoms. The lowest BCUT2D eigenvalue weighted by atomic mass is 10.2. The first kappa shape index (κ1) is 11.4. The van der Waals surface area contributed by atoms with Gasteiger partial charge in [-0.1, -0.05) is 0 Å². The molecular weight excluding hydrogens is 207 g/mol. The molecule has 1 aliphatic rings. The maximum atomic E-state index is 13.0. The van der Waals surface area contributed by atoms with Gasteiger partial charge in [0.1, 0.15) is 11.6 Å². The quantitative estimate of drug-likeness (QED) is 0.813. The van der Waals surface area contributed by atoms with Crippen LogP contribution in [0.5, 0.6) is 5.75 Å². The van der Waals surface area contributed by atoms with E-state index in [4.69, 9.17) is 0 Å². The Kier molecular flexibility index (Phi) is 3.41. The Morgan fingerprint density at radius 2 is 2.31 bits per heavy atom. The Morgan fingerprint density at radius 3 is 2.94 bits per heavy atom. The molecule has 1 atom stereocenters. The van der Waals surface area contributed by atoms with Gasteiger partial charge in [-0.15, -0.1) is 0 Å². The third kappa shape index (κ3) is 2.93. The van der Waals surface area contributed by atoms with Crippen LogP contribution in [-0.2, 0) is 6.54 Å². The van der Waals surface area contributed by atoms with Crippen LogP contribution in [0.15, 0.2) is 18.2 Å². The summed E-state index contributed by atoms with van der Waals surface area (Å²) in [5, 5.41) is 12.6. The molecule has 0 amide bonds. The van der Waals surface area contributed by atoms with Gasteiger partial charge in [0.05, 0.1) is 0 Å². The number of rotatable bonds is 3. The predicted octanol–water partition coefficient (Wildman–Crippen LogP) is 1.32. The maximum Gasteiger partial charge on any atom is 0.127 e. The molecule has 1 aromatic rings. The van der Waals surface area contributed by atoms with Crippen LogP contribution in [0.25, 0.3) is 0 Å². The van der Waals surface area contributed by atoms with Gasteiger partial charge >= 0.3 is 0 Å². The van der Waals surface area contributed by atoms with E-state index in [0.717, 1.165) is 31.1 Å². The molecule has 1 aromatic carbocycles. The summed E-state index contributed by atoms with van der Waals surface area (Å²) in [5.41, 5.74) is 0.784. The Morgan fingerprint density at radius 1 is 1.50 bits per heavy atom. The number of likely N-dealkylation sites (tertiary alicyclic amines) is 1. The average molecular weight is 224 g/mol. The lowest BCUT2D eigenvalue weighted by Crippen LogP contribution is -2.30. The van der Waals surface area contributed by atoms with Crippen LogP contribution in [0.2, 0.25) is 0 Å². The van der Waals surface area contributed by atoms with E-state index >= 15 is 0 Å². The predicted molar refractivity (Wildman–Crippen MR) is 60.8 cm³/mol. The smallest absolute Gasteiger partial charge is 0.127 e. The lowest BCUT2D eigenvalue weighted by molar-refractivity contribution is 0.397. The number of hydrogen-bond donors (Lipinski definition) is 2. The molecule has 0 bridgehead atoms. The van der Waals surface area contributed by atoms with Gasteiger partial charge in [-0.25, -0.2) is 4.39 Å². The molecule has 2 N–H and O–H groups in total. The summed E-state index contributed by atoms with van der Waals surface area (Å²) in [5.74, 6) is -0.402. The minimum atomic E-state index is -0.389. The van der Waals surface area contributed by atoms with Crippen LogP contribution in [-0.4, -0.2) is 36.2 Å². The number of phenols is 1. The van der Waals surface area contributed by atoms with Crippen molar-refractivity contribution in [1.29, 1.82) is 0 Å². The van der Waals surface area contributed by atoms with Crippen molar-refractivity contribution in [1.82, 2.24) is 10.2 Å². The molecule has 4 heteroatoms. The van der Waals surface area contributed by atoms with Crippen LogP contribution in [0.4, 0.5) is 4.39 Å². The van der Waals surface area contributed by atoms with Crippen LogP contribution >= 0.6 is 0 Å². The summed E-state index contributed by atoms with van der Waals surface area (Å²) in [6, 6.07) is 4.63. The van der Waals surface area contributed by atoms with Crippen LogP contribution in [0.1, 0.15) is 12.0 Å². The van der Waals surface area contributed by atoms with Gasteiger partial charge in [-0.05, 0) is 37.7 Å². The molecule has 2 rings (SSSR count). The number of phenolic OH excluding ortho intramolecular Hbond substituents is 1. The number of halogens is 1. The lowest BCUT2D eigenvalue weighted by Gasteiger charge is -2.12. The van der Waals surface area contributed by atoms with Gasteiger partial charge in [0.25, 0.3) is 0 Å². The van der Waals surface area contributed by atoms with E-state index in [0.29, 0.717) is 12.6 Å². The highest BCUT2D eigenvalue weighted by Crippen LogP contribution is 2.15. The largest absolute Gasteiger partial charge is 0.508 e. The van der Waals surface area contributed by atoms with Crippen molar-refractivity contribution in [3.63, 3.8) is 0 Å². The number of hydrogen-bond acceptors (Lipinski definition) is 3. The van der Waals surface area contributed by atoms with E-state index in [-0.39, 0.29) is 11.6 Å².